The largest absolute Gasteiger partial charge is 0.491 e. The topological polar surface area (TPSA) is 110 Å². The average molecular weight is 955 g/mol. The molecule has 4 aliphatic rings. The predicted molar refractivity (Wildman–Crippen MR) is 242 cm³/mol. The Labute approximate surface area is 392 Å². The van der Waals surface area contributed by atoms with Gasteiger partial charge >= 0.3 is 12.4 Å². The summed E-state index contributed by atoms with van der Waals surface area (Å²) in [5.41, 5.74) is 3.25. The molecule has 0 radical (unpaired) electrons. The zero-order chi connectivity index (χ0) is 49.7. The van der Waals surface area contributed by atoms with E-state index in [-0.39, 0.29) is 52.8 Å². The molecule has 0 atom stereocenters. The zero-order valence-electron chi connectivity index (χ0n) is 39.8. The first-order valence-corrected chi connectivity index (χ1v) is 22.9. The van der Waals surface area contributed by atoms with Gasteiger partial charge in [0.2, 0.25) is 0 Å². The minimum atomic E-state index is -4.96. The summed E-state index contributed by atoms with van der Waals surface area (Å²) in [5.74, 6) is -1.19. The highest BCUT2D eigenvalue weighted by molar-refractivity contribution is 5.99. The van der Waals surface area contributed by atoms with Crippen LogP contribution in [0.1, 0.15) is 119 Å². The number of likely N-dealkylation sites (tertiary alicyclic amines) is 2. The lowest BCUT2D eigenvalue weighted by Gasteiger charge is -2.55. The van der Waals surface area contributed by atoms with Crippen LogP contribution in [0.5, 0.6) is 11.5 Å². The molecule has 2 fully saturated rings. The maximum atomic E-state index is 13.3. The molecule has 368 valence electrons. The van der Waals surface area contributed by atoms with Crippen molar-refractivity contribution in [3.63, 3.8) is 0 Å². The molecule has 2 aromatic carbocycles. The van der Waals surface area contributed by atoms with Crippen LogP contribution in [0.4, 0.5) is 26.3 Å². The first-order valence-electron chi connectivity index (χ1n) is 22.9. The second-order valence-electron chi connectivity index (χ2n) is 19.4. The second-order valence-corrected chi connectivity index (χ2v) is 19.4. The highest BCUT2D eigenvalue weighted by atomic mass is 19.4. The maximum absolute atomic E-state index is 13.3. The van der Waals surface area contributed by atoms with Crippen molar-refractivity contribution in [3.05, 3.63) is 106 Å². The van der Waals surface area contributed by atoms with Crippen LogP contribution in [0.2, 0.25) is 0 Å². The van der Waals surface area contributed by atoms with Crippen molar-refractivity contribution in [2.45, 2.75) is 109 Å². The Morgan fingerprint density at radius 2 is 1.21 bits per heavy atom. The summed E-state index contributed by atoms with van der Waals surface area (Å²) >= 11 is 0. The number of carbonyl (C=O) groups excluding carboxylic acids is 4. The standard InChI is InChI=1S/C27H37N3O3.C23H23F6N3O3/c1-18(2)33-23-10-8-21(16-19(23)3)25(32)29-14-12-27(13-15-29)24-11-9-22(20(4)31)30(24)26(5,6)17-28(27)7;1-30-12-13-32-17(19(33)23(27,28)29)6-7-18(32)21(30)8-10-31(11-9-21)20(34)15-2-4-16(5-3-15)35-14-22(24,25)26/h8-11,16,18H,12-15,17H2,1-7H3;2-7H,8-14H2,1H3. The number of aryl methyl sites for hydroxylation is 1. The molecule has 12 nitrogen and oxygen atoms in total. The van der Waals surface area contributed by atoms with Crippen molar-refractivity contribution in [3.8, 4) is 11.5 Å². The van der Waals surface area contributed by atoms with E-state index in [0.717, 1.165) is 36.4 Å². The van der Waals surface area contributed by atoms with Crippen LogP contribution < -0.4 is 9.47 Å². The Hall–Kier alpha value is -5.62. The Morgan fingerprint density at radius 1 is 0.676 bits per heavy atom. The third-order valence-corrected chi connectivity index (χ3v) is 14.1. The highest BCUT2D eigenvalue weighted by Crippen LogP contribution is 2.46. The molecule has 2 saturated heterocycles. The van der Waals surface area contributed by atoms with Gasteiger partial charge in [0, 0.05) is 75.3 Å². The predicted octanol–water partition coefficient (Wildman–Crippen LogP) is 8.85. The normalized spacial score (nSPS) is 19.0. The number of ether oxygens (including phenoxy) is 2. The molecule has 0 N–H and O–H groups in total. The Balaban J connectivity index is 0.000000202. The molecular weight excluding hydrogens is 895 g/mol. The number of nitrogens with zero attached hydrogens (tertiary/aromatic N) is 6. The summed E-state index contributed by atoms with van der Waals surface area (Å²) in [6, 6.07) is 18.0. The third-order valence-electron chi connectivity index (χ3n) is 14.1. The lowest BCUT2D eigenvalue weighted by molar-refractivity contribution is -0.153. The number of carbonyl (C=O) groups is 4. The Bertz CT molecular complexity index is 2530. The van der Waals surface area contributed by atoms with Gasteiger partial charge in [0.25, 0.3) is 17.6 Å². The molecule has 2 aromatic heterocycles. The number of likely N-dealkylation sites (N-methyl/N-ethyl adjacent to an activating group) is 2. The molecule has 0 unspecified atom stereocenters. The molecule has 2 amide bonds. The van der Waals surface area contributed by atoms with Gasteiger partial charge < -0.3 is 28.4 Å². The number of piperidine rings is 2. The SMILES string of the molecule is CC(=O)c1ccc2n1C(C)(C)CN(C)C21CCN(C(=O)c2ccc(OC(C)C)c(C)c2)CC1.CN1CCn2c(C(=O)C(F)(F)F)ccc2C12CCN(C(=O)c1ccc(OCC(F)(F)F)cc1)CC2. The molecule has 8 rings (SSSR count). The number of rotatable bonds is 8. The van der Waals surface area contributed by atoms with E-state index < -0.39 is 30.3 Å². The van der Waals surface area contributed by atoms with Crippen molar-refractivity contribution in [2.24, 2.45) is 0 Å². The van der Waals surface area contributed by atoms with Crippen molar-refractivity contribution in [2.75, 3.05) is 60.0 Å². The summed E-state index contributed by atoms with van der Waals surface area (Å²) in [6.45, 7) is 14.2. The number of halogens is 6. The van der Waals surface area contributed by atoms with Gasteiger partial charge in [-0.1, -0.05) is 0 Å². The molecule has 4 aliphatic heterocycles. The van der Waals surface area contributed by atoms with Crippen molar-refractivity contribution in [1.29, 1.82) is 0 Å². The first kappa shape index (κ1) is 50.3. The fourth-order valence-corrected chi connectivity index (χ4v) is 10.7. The van der Waals surface area contributed by atoms with Gasteiger partial charge in [-0.05, 0) is 147 Å². The molecule has 0 saturated carbocycles. The molecule has 18 heteroatoms. The number of hydrogen-bond acceptors (Lipinski definition) is 8. The lowest BCUT2D eigenvalue weighted by Crippen LogP contribution is -2.61. The number of fused-ring (bicyclic) bond motifs is 4. The molecule has 0 aliphatic carbocycles. The second kappa shape index (κ2) is 18.7. The number of amides is 2. The van der Waals surface area contributed by atoms with Crippen LogP contribution in [-0.2, 0) is 23.2 Å². The van der Waals surface area contributed by atoms with Gasteiger partial charge in [-0.2, -0.15) is 26.3 Å². The summed E-state index contributed by atoms with van der Waals surface area (Å²) in [4.78, 5) is 58.5. The smallest absolute Gasteiger partial charge is 0.456 e. The summed E-state index contributed by atoms with van der Waals surface area (Å²) < 4.78 is 90.2. The van der Waals surface area contributed by atoms with E-state index in [0.29, 0.717) is 62.4 Å². The highest BCUT2D eigenvalue weighted by Gasteiger charge is 2.51. The number of Topliss-reactive ketones (excluding diaryl/α,β-unsaturated/α-hetero) is 2. The monoisotopic (exact) mass is 954 g/mol. The van der Waals surface area contributed by atoms with Crippen molar-refractivity contribution >= 4 is 23.4 Å². The van der Waals surface area contributed by atoms with E-state index in [4.69, 9.17) is 4.74 Å². The molecule has 68 heavy (non-hydrogen) atoms. The minimum Gasteiger partial charge on any atom is -0.491 e. The Kier molecular flexibility index (Phi) is 13.8. The number of hydrogen-bond donors (Lipinski definition) is 0. The average Bonchev–Trinajstić information content (AvgIpc) is 3.94. The van der Waals surface area contributed by atoms with Gasteiger partial charge in [0.05, 0.1) is 34.1 Å². The number of benzene rings is 2. The van der Waals surface area contributed by atoms with Crippen molar-refractivity contribution in [1.82, 2.24) is 28.7 Å². The molecule has 4 aromatic rings. The van der Waals surface area contributed by atoms with Crippen molar-refractivity contribution < 1.29 is 55.0 Å². The quantitative estimate of drug-likeness (QED) is 0.127. The fraction of sp³-hybridized carbons (Fsp3) is 0.520. The number of alkyl halides is 6. The lowest BCUT2D eigenvalue weighted by atomic mass is 9.78. The minimum absolute atomic E-state index is 0.00901. The summed E-state index contributed by atoms with van der Waals surface area (Å²) in [7, 11) is 4.05. The molecule has 0 bridgehead atoms. The Morgan fingerprint density at radius 3 is 1.74 bits per heavy atom. The third kappa shape index (κ3) is 9.80. The van der Waals surface area contributed by atoms with Crippen LogP contribution in [0, 0.1) is 6.92 Å². The van der Waals surface area contributed by atoms with Crippen LogP contribution in [0.15, 0.2) is 66.7 Å². The molecule has 6 heterocycles. The number of aromatic nitrogens is 2. The van der Waals surface area contributed by atoms with Gasteiger partial charge in [0.1, 0.15) is 11.5 Å². The number of ketones is 2. The van der Waals surface area contributed by atoms with E-state index in [1.54, 1.807) is 17.9 Å². The molecular formula is C50H60F6N6O6. The maximum Gasteiger partial charge on any atom is 0.456 e. The molecule has 2 spiro atoms. The van der Waals surface area contributed by atoms with Crippen LogP contribution in [-0.4, -0.2) is 131 Å². The first-order chi connectivity index (χ1) is 31.8. The van der Waals surface area contributed by atoms with E-state index in [9.17, 15) is 45.5 Å². The van der Waals surface area contributed by atoms with Gasteiger partial charge in [-0.3, -0.25) is 29.0 Å². The van der Waals surface area contributed by atoms with Crippen LogP contribution in [0.25, 0.3) is 0 Å². The van der Waals surface area contributed by atoms with Gasteiger partial charge in [0.15, 0.2) is 12.4 Å². The van der Waals surface area contributed by atoms with Gasteiger partial charge in [-0.15, -0.1) is 0 Å². The van der Waals surface area contributed by atoms with Crippen LogP contribution in [0.3, 0.4) is 0 Å². The van der Waals surface area contributed by atoms with E-state index in [1.807, 2.05) is 57.0 Å². The fourth-order valence-electron chi connectivity index (χ4n) is 10.7. The van der Waals surface area contributed by atoms with Crippen LogP contribution >= 0.6 is 0 Å². The van der Waals surface area contributed by atoms with E-state index in [2.05, 4.69) is 46.1 Å². The summed E-state index contributed by atoms with van der Waals surface area (Å²) in [5, 5.41) is 0. The van der Waals surface area contributed by atoms with Gasteiger partial charge in [-0.25, -0.2) is 0 Å². The zero-order valence-corrected chi connectivity index (χ0v) is 39.8. The van der Waals surface area contributed by atoms with E-state index in [1.165, 1.54) is 40.6 Å². The summed E-state index contributed by atoms with van der Waals surface area (Å²) in [6.07, 6.45) is -6.74. The van der Waals surface area contributed by atoms with E-state index >= 15 is 0 Å².